The van der Waals surface area contributed by atoms with Crippen LogP contribution >= 0.6 is 11.6 Å². The molecule has 1 atom stereocenters. The van der Waals surface area contributed by atoms with Gasteiger partial charge in [0, 0.05) is 11.6 Å². The van der Waals surface area contributed by atoms with Crippen LogP contribution in [0.5, 0.6) is 0 Å². The molecule has 2 rings (SSSR count). The number of hydrogen-bond donors (Lipinski definition) is 1. The predicted octanol–water partition coefficient (Wildman–Crippen LogP) is 2.16. The molecule has 0 fully saturated rings. The average molecular weight is 275 g/mol. The molecule has 1 heterocycles. The van der Waals surface area contributed by atoms with Gasteiger partial charge in [0.25, 0.3) is 0 Å². The Bertz CT molecular complexity index is 645. The zero-order valence-electron chi connectivity index (χ0n) is 9.05. The zero-order valence-corrected chi connectivity index (χ0v) is 10.6. The third kappa shape index (κ3) is 2.80. The molecule has 0 aliphatic rings. The van der Waals surface area contributed by atoms with Crippen LogP contribution in [0.2, 0.25) is 5.02 Å². The van der Waals surface area contributed by atoms with Crippen molar-refractivity contribution in [3.8, 4) is 0 Å². The van der Waals surface area contributed by atoms with Crippen LogP contribution < -0.4 is 0 Å². The fraction of sp³-hybridized carbons (Fsp3) is 0.273. The summed E-state index contributed by atoms with van der Waals surface area (Å²) in [5.74, 6) is -0.164. The predicted molar refractivity (Wildman–Crippen MR) is 65.9 cm³/mol. The van der Waals surface area contributed by atoms with Crippen molar-refractivity contribution < 1.29 is 17.9 Å². The van der Waals surface area contributed by atoms with E-state index in [9.17, 15) is 13.5 Å². The molecule has 0 aliphatic carbocycles. The maximum atomic E-state index is 11.1. The lowest BCUT2D eigenvalue weighted by atomic mass is 10.2. The highest BCUT2D eigenvalue weighted by molar-refractivity contribution is 7.90. The summed E-state index contributed by atoms with van der Waals surface area (Å²) in [5.41, 5.74) is 0.455. The van der Waals surface area contributed by atoms with Gasteiger partial charge in [-0.25, -0.2) is 8.42 Å². The van der Waals surface area contributed by atoms with Crippen molar-refractivity contribution in [2.24, 2.45) is 0 Å². The van der Waals surface area contributed by atoms with E-state index in [0.29, 0.717) is 10.6 Å². The smallest absolute Gasteiger partial charge is 0.152 e. The van der Waals surface area contributed by atoms with E-state index in [-0.39, 0.29) is 11.5 Å². The maximum Gasteiger partial charge on any atom is 0.152 e. The second-order valence-corrected chi connectivity index (χ2v) is 6.51. The SMILES string of the molecule is CS(=O)(=O)CC(O)c1cc2cccc(Cl)c2o1. The van der Waals surface area contributed by atoms with Crippen LogP contribution in [0.15, 0.2) is 28.7 Å². The number of benzene rings is 1. The minimum absolute atomic E-state index is 0.207. The molecule has 1 aromatic carbocycles. The zero-order chi connectivity index (χ0) is 12.6. The summed E-state index contributed by atoms with van der Waals surface area (Å²) < 4.78 is 27.5. The topological polar surface area (TPSA) is 67.5 Å². The Labute approximate surface area is 104 Å². The number of para-hydroxylation sites is 1. The molecule has 0 radical (unpaired) electrons. The number of halogens is 1. The largest absolute Gasteiger partial charge is 0.457 e. The molecule has 2 aromatic rings. The van der Waals surface area contributed by atoms with Crippen LogP contribution in [0.3, 0.4) is 0 Å². The minimum atomic E-state index is -3.26. The molecule has 6 heteroatoms. The van der Waals surface area contributed by atoms with Gasteiger partial charge in [0.05, 0.1) is 10.8 Å². The molecule has 17 heavy (non-hydrogen) atoms. The second kappa shape index (κ2) is 4.33. The number of hydrogen-bond acceptors (Lipinski definition) is 4. The lowest BCUT2D eigenvalue weighted by molar-refractivity contribution is 0.174. The van der Waals surface area contributed by atoms with E-state index in [1.807, 2.05) is 0 Å². The van der Waals surface area contributed by atoms with Gasteiger partial charge in [-0.2, -0.15) is 0 Å². The monoisotopic (exact) mass is 274 g/mol. The van der Waals surface area contributed by atoms with Gasteiger partial charge >= 0.3 is 0 Å². The maximum absolute atomic E-state index is 11.1. The minimum Gasteiger partial charge on any atom is -0.457 e. The molecule has 0 spiro atoms. The van der Waals surface area contributed by atoms with Crippen molar-refractivity contribution in [3.63, 3.8) is 0 Å². The van der Waals surface area contributed by atoms with Gasteiger partial charge in [-0.05, 0) is 12.1 Å². The van der Waals surface area contributed by atoms with Gasteiger partial charge in [-0.3, -0.25) is 0 Å². The number of fused-ring (bicyclic) bond motifs is 1. The van der Waals surface area contributed by atoms with Crippen LogP contribution in [0.25, 0.3) is 11.0 Å². The van der Waals surface area contributed by atoms with E-state index in [0.717, 1.165) is 11.6 Å². The molecule has 0 saturated heterocycles. The quantitative estimate of drug-likeness (QED) is 0.931. The van der Waals surface area contributed by atoms with Gasteiger partial charge in [0.15, 0.2) is 5.58 Å². The van der Waals surface area contributed by atoms with E-state index < -0.39 is 15.9 Å². The number of aliphatic hydroxyl groups excluding tert-OH is 1. The van der Waals surface area contributed by atoms with E-state index in [1.54, 1.807) is 24.3 Å². The summed E-state index contributed by atoms with van der Waals surface area (Å²) >= 11 is 5.91. The molecule has 92 valence electrons. The Kier molecular flexibility index (Phi) is 3.16. The van der Waals surface area contributed by atoms with E-state index in [1.165, 1.54) is 0 Å². The molecule has 0 saturated carbocycles. The average Bonchev–Trinajstić information content (AvgIpc) is 2.60. The Morgan fingerprint density at radius 3 is 2.76 bits per heavy atom. The molecule has 0 aliphatic heterocycles. The van der Waals surface area contributed by atoms with Crippen LogP contribution in [0.4, 0.5) is 0 Å². The second-order valence-electron chi connectivity index (χ2n) is 3.92. The Hall–Kier alpha value is -1.04. The van der Waals surface area contributed by atoms with Gasteiger partial charge in [-0.15, -0.1) is 0 Å². The van der Waals surface area contributed by atoms with Crippen LogP contribution in [-0.4, -0.2) is 25.5 Å². The third-order valence-corrected chi connectivity index (χ3v) is 3.52. The number of rotatable bonds is 3. The number of aliphatic hydroxyl groups is 1. The van der Waals surface area contributed by atoms with Crippen LogP contribution in [0, 0.1) is 0 Å². The standard InChI is InChI=1S/C11H11ClO4S/c1-17(14,15)6-9(13)10-5-7-3-2-4-8(12)11(7)16-10/h2-5,9,13H,6H2,1H3. The first kappa shape index (κ1) is 12.4. The Morgan fingerprint density at radius 2 is 2.18 bits per heavy atom. The summed E-state index contributed by atoms with van der Waals surface area (Å²) in [6, 6.07) is 6.80. The third-order valence-electron chi connectivity index (χ3n) is 2.30. The van der Waals surface area contributed by atoms with Crippen LogP contribution in [-0.2, 0) is 9.84 Å². The first-order valence-electron chi connectivity index (χ1n) is 4.90. The molecule has 1 unspecified atom stereocenters. The molecule has 4 nitrogen and oxygen atoms in total. The Balaban J connectivity index is 2.40. The summed E-state index contributed by atoms with van der Waals surface area (Å²) in [6.07, 6.45) is -0.111. The number of sulfone groups is 1. The fourth-order valence-corrected chi connectivity index (χ4v) is 2.54. The summed E-state index contributed by atoms with van der Waals surface area (Å²) in [6.45, 7) is 0. The van der Waals surface area contributed by atoms with E-state index in [4.69, 9.17) is 16.0 Å². The molecule has 0 bridgehead atoms. The van der Waals surface area contributed by atoms with Crippen molar-refractivity contribution in [3.05, 3.63) is 35.0 Å². The Morgan fingerprint density at radius 1 is 1.47 bits per heavy atom. The van der Waals surface area contributed by atoms with Crippen LogP contribution in [0.1, 0.15) is 11.9 Å². The van der Waals surface area contributed by atoms with E-state index >= 15 is 0 Å². The van der Waals surface area contributed by atoms with E-state index in [2.05, 4.69) is 0 Å². The van der Waals surface area contributed by atoms with Gasteiger partial charge in [0.1, 0.15) is 21.7 Å². The first-order chi connectivity index (χ1) is 7.87. The van der Waals surface area contributed by atoms with Gasteiger partial charge in [-0.1, -0.05) is 23.7 Å². The van der Waals surface area contributed by atoms with Gasteiger partial charge < -0.3 is 9.52 Å². The highest BCUT2D eigenvalue weighted by Crippen LogP contribution is 2.29. The molecule has 1 N–H and O–H groups in total. The summed E-state index contributed by atoms with van der Waals surface area (Å²) in [5, 5.41) is 10.9. The summed E-state index contributed by atoms with van der Waals surface area (Å²) in [7, 11) is -3.26. The highest BCUT2D eigenvalue weighted by Gasteiger charge is 2.19. The first-order valence-corrected chi connectivity index (χ1v) is 7.34. The van der Waals surface area contributed by atoms with Gasteiger partial charge in [0.2, 0.25) is 0 Å². The fourth-order valence-electron chi connectivity index (χ4n) is 1.58. The number of furan rings is 1. The highest BCUT2D eigenvalue weighted by atomic mass is 35.5. The van der Waals surface area contributed by atoms with Crippen molar-refractivity contribution in [2.45, 2.75) is 6.10 Å². The molecule has 0 amide bonds. The van der Waals surface area contributed by atoms with Crippen molar-refractivity contribution in [2.75, 3.05) is 12.0 Å². The molecule has 1 aromatic heterocycles. The lowest BCUT2D eigenvalue weighted by Crippen LogP contribution is -2.11. The summed E-state index contributed by atoms with van der Waals surface area (Å²) in [4.78, 5) is 0. The molecular weight excluding hydrogens is 264 g/mol. The van der Waals surface area contributed by atoms with Crippen molar-refractivity contribution in [1.29, 1.82) is 0 Å². The lowest BCUT2D eigenvalue weighted by Gasteiger charge is -2.04. The van der Waals surface area contributed by atoms with Crippen molar-refractivity contribution in [1.82, 2.24) is 0 Å². The molecular formula is C11H11ClO4S. The van der Waals surface area contributed by atoms with Crippen molar-refractivity contribution >= 4 is 32.4 Å². The normalized spacial score (nSPS) is 14.1.